The number of amides is 2. The van der Waals surface area contributed by atoms with Crippen LogP contribution in [0.3, 0.4) is 0 Å². The molecule has 3 aromatic rings. The molecule has 0 radical (unpaired) electrons. The molecular formula is C24H24N4O5. The van der Waals surface area contributed by atoms with Gasteiger partial charge >= 0.3 is 5.97 Å². The molecule has 0 aliphatic heterocycles. The van der Waals surface area contributed by atoms with E-state index in [1.54, 1.807) is 24.4 Å². The van der Waals surface area contributed by atoms with Gasteiger partial charge in [0.2, 0.25) is 11.8 Å². The second-order valence-electron chi connectivity index (χ2n) is 7.23. The molecule has 1 atom stereocenters. The highest BCUT2D eigenvalue weighted by atomic mass is 16.6. The summed E-state index contributed by atoms with van der Waals surface area (Å²) in [6.45, 7) is 4.91. The predicted octanol–water partition coefficient (Wildman–Crippen LogP) is 3.19. The molecule has 0 aliphatic rings. The largest absolute Gasteiger partial charge is 0.449 e. The number of carbonyl (C=O) groups excluding carboxylic acids is 3. The van der Waals surface area contributed by atoms with E-state index >= 15 is 0 Å². The quantitative estimate of drug-likeness (QED) is 0.508. The van der Waals surface area contributed by atoms with Gasteiger partial charge in [0.1, 0.15) is 11.3 Å². The average molecular weight is 448 g/mol. The summed E-state index contributed by atoms with van der Waals surface area (Å²) in [4.78, 5) is 45.2. The number of hydrogen-bond donors (Lipinski definition) is 2. The minimum absolute atomic E-state index is 0.0242. The van der Waals surface area contributed by atoms with E-state index in [9.17, 15) is 14.4 Å². The predicted molar refractivity (Wildman–Crippen MR) is 121 cm³/mol. The van der Waals surface area contributed by atoms with Crippen molar-refractivity contribution in [1.29, 1.82) is 0 Å². The first-order chi connectivity index (χ1) is 15.8. The zero-order valence-electron chi connectivity index (χ0n) is 18.5. The van der Waals surface area contributed by atoms with Gasteiger partial charge in [-0.05, 0) is 56.2 Å². The fraction of sp³-hybridized carbons (Fsp3) is 0.208. The summed E-state index contributed by atoms with van der Waals surface area (Å²) >= 11 is 0. The molecule has 0 aliphatic carbocycles. The van der Waals surface area contributed by atoms with E-state index in [1.807, 2.05) is 32.0 Å². The minimum Gasteiger partial charge on any atom is -0.449 e. The third-order valence-electron chi connectivity index (χ3n) is 4.66. The maximum Gasteiger partial charge on any atom is 0.344 e. The number of anilines is 1. The molecule has 0 spiro atoms. The smallest absolute Gasteiger partial charge is 0.344 e. The van der Waals surface area contributed by atoms with Crippen LogP contribution in [0.5, 0.6) is 11.6 Å². The fourth-order valence-electron chi connectivity index (χ4n) is 2.93. The van der Waals surface area contributed by atoms with Gasteiger partial charge in [-0.15, -0.1) is 0 Å². The molecule has 1 aromatic carbocycles. The molecule has 3 rings (SSSR count). The highest BCUT2D eigenvalue weighted by molar-refractivity contribution is 5.97. The van der Waals surface area contributed by atoms with E-state index < -0.39 is 23.9 Å². The maximum absolute atomic E-state index is 12.6. The number of ether oxygens (including phenoxy) is 2. The van der Waals surface area contributed by atoms with Crippen LogP contribution in [0, 0.1) is 13.8 Å². The van der Waals surface area contributed by atoms with Crippen LogP contribution in [0.15, 0.2) is 61.1 Å². The highest BCUT2D eigenvalue weighted by Crippen LogP contribution is 2.23. The summed E-state index contributed by atoms with van der Waals surface area (Å²) in [5, 5.41) is 5.25. The van der Waals surface area contributed by atoms with Crippen LogP contribution in [-0.2, 0) is 14.3 Å². The number of nitrogens with one attached hydrogen (secondary N) is 2. The molecule has 33 heavy (non-hydrogen) atoms. The van der Waals surface area contributed by atoms with Gasteiger partial charge < -0.3 is 20.1 Å². The SMILES string of the molecule is Cc1cccc(C)c1NC(=O)CNC(=O)C(C)OC(=O)c1cccnc1Oc1cccnc1. The molecule has 170 valence electrons. The van der Waals surface area contributed by atoms with E-state index in [0.29, 0.717) is 11.4 Å². The van der Waals surface area contributed by atoms with Gasteiger partial charge in [0.05, 0.1) is 12.7 Å². The van der Waals surface area contributed by atoms with Crippen molar-refractivity contribution >= 4 is 23.5 Å². The van der Waals surface area contributed by atoms with Gasteiger partial charge in [-0.3, -0.25) is 14.6 Å². The Labute approximate surface area is 191 Å². The lowest BCUT2D eigenvalue weighted by Crippen LogP contribution is -2.40. The Bertz CT molecular complexity index is 1130. The van der Waals surface area contributed by atoms with Crippen LogP contribution in [0.2, 0.25) is 0 Å². The number of para-hydroxylation sites is 1. The molecule has 2 amide bonds. The Kier molecular flexibility index (Phi) is 7.69. The number of benzene rings is 1. The van der Waals surface area contributed by atoms with Gasteiger partial charge in [0.15, 0.2) is 6.10 Å². The summed E-state index contributed by atoms with van der Waals surface area (Å²) in [5.41, 5.74) is 2.58. The van der Waals surface area contributed by atoms with Crippen molar-refractivity contribution in [3.05, 3.63) is 77.7 Å². The monoisotopic (exact) mass is 448 g/mol. The van der Waals surface area contributed by atoms with Gasteiger partial charge in [0, 0.05) is 18.1 Å². The van der Waals surface area contributed by atoms with Crippen molar-refractivity contribution in [1.82, 2.24) is 15.3 Å². The first kappa shape index (κ1) is 23.4. The van der Waals surface area contributed by atoms with Gasteiger partial charge in [0.25, 0.3) is 5.91 Å². The van der Waals surface area contributed by atoms with Gasteiger partial charge in [-0.1, -0.05) is 18.2 Å². The molecule has 9 heteroatoms. The summed E-state index contributed by atoms with van der Waals surface area (Å²) < 4.78 is 10.8. The lowest BCUT2D eigenvalue weighted by atomic mass is 10.1. The highest BCUT2D eigenvalue weighted by Gasteiger charge is 2.23. The summed E-state index contributed by atoms with van der Waals surface area (Å²) in [7, 11) is 0. The lowest BCUT2D eigenvalue weighted by molar-refractivity contribution is -0.130. The Hall–Kier alpha value is -4.27. The number of pyridine rings is 2. The molecule has 0 bridgehead atoms. The van der Waals surface area contributed by atoms with Crippen molar-refractivity contribution in [2.45, 2.75) is 26.9 Å². The molecule has 0 fully saturated rings. The molecule has 0 saturated heterocycles. The minimum atomic E-state index is -1.14. The molecular weight excluding hydrogens is 424 g/mol. The molecule has 2 aromatic heterocycles. The number of esters is 1. The Balaban J connectivity index is 1.55. The third-order valence-corrected chi connectivity index (χ3v) is 4.66. The average Bonchev–Trinajstić information content (AvgIpc) is 2.81. The number of aromatic nitrogens is 2. The van der Waals surface area contributed by atoms with Crippen molar-refractivity contribution in [2.75, 3.05) is 11.9 Å². The normalized spacial score (nSPS) is 11.2. The molecule has 9 nitrogen and oxygen atoms in total. The number of nitrogens with zero attached hydrogens (tertiary/aromatic N) is 2. The summed E-state index contributed by atoms with van der Waals surface area (Å²) in [6.07, 6.45) is 3.39. The van der Waals surface area contributed by atoms with Crippen LogP contribution in [0.4, 0.5) is 5.69 Å². The Morgan fingerprint density at radius 3 is 2.42 bits per heavy atom. The summed E-state index contributed by atoms with van der Waals surface area (Å²) in [6, 6.07) is 12.0. The lowest BCUT2D eigenvalue weighted by Gasteiger charge is -2.15. The number of hydrogen-bond acceptors (Lipinski definition) is 7. The zero-order chi connectivity index (χ0) is 23.8. The van der Waals surface area contributed by atoms with Gasteiger partial charge in [-0.2, -0.15) is 0 Å². The van der Waals surface area contributed by atoms with E-state index in [2.05, 4.69) is 20.6 Å². The van der Waals surface area contributed by atoms with E-state index in [0.717, 1.165) is 11.1 Å². The molecule has 0 saturated carbocycles. The Morgan fingerprint density at radius 2 is 1.73 bits per heavy atom. The topological polar surface area (TPSA) is 120 Å². The van der Waals surface area contributed by atoms with Crippen LogP contribution in [0.25, 0.3) is 0 Å². The molecule has 1 unspecified atom stereocenters. The summed E-state index contributed by atoms with van der Waals surface area (Å²) in [5.74, 6) is -1.37. The van der Waals surface area contributed by atoms with E-state index in [-0.39, 0.29) is 18.0 Å². The van der Waals surface area contributed by atoms with Crippen molar-refractivity contribution < 1.29 is 23.9 Å². The number of rotatable bonds is 8. The van der Waals surface area contributed by atoms with Crippen molar-refractivity contribution in [2.24, 2.45) is 0 Å². The second kappa shape index (κ2) is 10.9. The molecule has 2 heterocycles. The van der Waals surface area contributed by atoms with Crippen LogP contribution >= 0.6 is 0 Å². The van der Waals surface area contributed by atoms with E-state index in [1.165, 1.54) is 25.4 Å². The van der Waals surface area contributed by atoms with Crippen LogP contribution in [0.1, 0.15) is 28.4 Å². The first-order valence-electron chi connectivity index (χ1n) is 10.2. The van der Waals surface area contributed by atoms with Crippen LogP contribution < -0.4 is 15.4 Å². The Morgan fingerprint density at radius 1 is 1.00 bits per heavy atom. The first-order valence-corrected chi connectivity index (χ1v) is 10.2. The van der Waals surface area contributed by atoms with Crippen molar-refractivity contribution in [3.8, 4) is 11.6 Å². The standard InChI is InChI=1S/C24H24N4O5/c1-15-7-4-8-16(2)21(15)28-20(29)14-27-22(30)17(3)32-24(31)19-10-6-12-26-23(19)33-18-9-5-11-25-13-18/h4-13,17H,14H2,1-3H3,(H,27,30)(H,28,29). The number of aryl methyl sites for hydroxylation is 2. The molecule has 2 N–H and O–H groups in total. The van der Waals surface area contributed by atoms with Gasteiger partial charge in [-0.25, -0.2) is 9.78 Å². The number of carbonyl (C=O) groups is 3. The zero-order valence-corrected chi connectivity index (χ0v) is 18.5. The van der Waals surface area contributed by atoms with E-state index in [4.69, 9.17) is 9.47 Å². The van der Waals surface area contributed by atoms with Crippen molar-refractivity contribution in [3.63, 3.8) is 0 Å². The third kappa shape index (κ3) is 6.36. The maximum atomic E-state index is 12.6. The fourth-order valence-corrected chi connectivity index (χ4v) is 2.93. The second-order valence-corrected chi connectivity index (χ2v) is 7.23. The van der Waals surface area contributed by atoms with Crippen LogP contribution in [-0.4, -0.2) is 40.4 Å².